The van der Waals surface area contributed by atoms with Crippen molar-refractivity contribution in [1.82, 2.24) is 15.2 Å². The first kappa shape index (κ1) is 14.7. The van der Waals surface area contributed by atoms with Gasteiger partial charge in [-0.25, -0.2) is 9.78 Å². The number of carboxylic acid groups (broad SMARTS) is 1. The number of carboxylic acids is 1. The molecule has 1 aromatic heterocycles. The quantitative estimate of drug-likeness (QED) is 0.859. The minimum atomic E-state index is -0.934. The number of carbonyl (C=O) groups excluding carboxylic acids is 1. The Balaban J connectivity index is 1.90. The molecule has 2 N–H and O–H groups in total. The zero-order chi connectivity index (χ0) is 14.5. The molecule has 8 heteroatoms. The number of aromatic nitrogens is 1. The molecule has 0 radical (unpaired) electrons. The summed E-state index contributed by atoms with van der Waals surface area (Å²) < 4.78 is 5.24. The van der Waals surface area contributed by atoms with Crippen molar-refractivity contribution < 1.29 is 19.4 Å². The van der Waals surface area contributed by atoms with Crippen molar-refractivity contribution in [2.75, 3.05) is 19.8 Å². The van der Waals surface area contributed by atoms with Gasteiger partial charge in [-0.05, 0) is 6.92 Å². The molecule has 1 aromatic rings. The molecule has 1 aliphatic heterocycles. The average Bonchev–Trinajstić information content (AvgIpc) is 2.82. The molecule has 0 spiro atoms. The number of amides is 2. The van der Waals surface area contributed by atoms with Crippen LogP contribution in [0.4, 0.5) is 4.79 Å². The number of urea groups is 1. The number of nitrogens with zero attached hydrogens (tertiary/aromatic N) is 2. The number of hydrogen-bond acceptors (Lipinski definition) is 5. The predicted molar refractivity (Wildman–Crippen MR) is 72.7 cm³/mol. The molecule has 1 unspecified atom stereocenters. The number of carbonyl (C=O) groups is 2. The van der Waals surface area contributed by atoms with Gasteiger partial charge in [0.25, 0.3) is 0 Å². The van der Waals surface area contributed by atoms with E-state index in [9.17, 15) is 9.59 Å². The van der Waals surface area contributed by atoms with Crippen molar-refractivity contribution in [2.45, 2.75) is 25.9 Å². The van der Waals surface area contributed by atoms with Gasteiger partial charge in [0.05, 0.1) is 37.2 Å². The lowest BCUT2D eigenvalue weighted by molar-refractivity contribution is -0.139. The Morgan fingerprint density at radius 3 is 3.10 bits per heavy atom. The van der Waals surface area contributed by atoms with E-state index >= 15 is 0 Å². The zero-order valence-corrected chi connectivity index (χ0v) is 12.0. The molecule has 0 saturated carbocycles. The van der Waals surface area contributed by atoms with E-state index in [1.807, 2.05) is 6.92 Å². The molecular weight excluding hydrogens is 282 g/mol. The van der Waals surface area contributed by atoms with Gasteiger partial charge in [0.15, 0.2) is 0 Å². The second-order valence-electron chi connectivity index (χ2n) is 4.52. The lowest BCUT2D eigenvalue weighted by Gasteiger charge is -2.34. The van der Waals surface area contributed by atoms with Crippen molar-refractivity contribution >= 4 is 23.3 Å². The highest BCUT2D eigenvalue weighted by Crippen LogP contribution is 2.13. The van der Waals surface area contributed by atoms with Crippen molar-refractivity contribution in [3.8, 4) is 0 Å². The second-order valence-corrected chi connectivity index (χ2v) is 5.84. The van der Waals surface area contributed by atoms with Gasteiger partial charge in [0.2, 0.25) is 0 Å². The van der Waals surface area contributed by atoms with Crippen LogP contribution < -0.4 is 5.32 Å². The van der Waals surface area contributed by atoms with Crippen molar-refractivity contribution in [1.29, 1.82) is 0 Å². The molecule has 0 aliphatic carbocycles. The van der Waals surface area contributed by atoms with Gasteiger partial charge in [-0.1, -0.05) is 0 Å². The van der Waals surface area contributed by atoms with E-state index in [-0.39, 0.29) is 19.1 Å². The molecule has 110 valence electrons. The third kappa shape index (κ3) is 3.91. The van der Waals surface area contributed by atoms with Gasteiger partial charge in [-0.15, -0.1) is 11.3 Å². The van der Waals surface area contributed by atoms with Gasteiger partial charge in [0.1, 0.15) is 0 Å². The highest BCUT2D eigenvalue weighted by Gasteiger charge is 2.28. The highest BCUT2D eigenvalue weighted by atomic mass is 32.1. The number of aliphatic carboxylic acids is 1. The van der Waals surface area contributed by atoms with Crippen LogP contribution in [0.5, 0.6) is 0 Å². The van der Waals surface area contributed by atoms with Crippen molar-refractivity contribution in [3.63, 3.8) is 0 Å². The third-order valence-corrected chi connectivity index (χ3v) is 3.89. The summed E-state index contributed by atoms with van der Waals surface area (Å²) in [5.41, 5.74) is 0. The lowest BCUT2D eigenvalue weighted by atomic mass is 10.1. The summed E-state index contributed by atoms with van der Waals surface area (Å²) in [5, 5.41) is 12.6. The molecular formula is C12H17N3O4S. The van der Waals surface area contributed by atoms with Crippen LogP contribution in [0.2, 0.25) is 0 Å². The molecule has 20 heavy (non-hydrogen) atoms. The van der Waals surface area contributed by atoms with Crippen LogP contribution in [0.1, 0.15) is 16.3 Å². The van der Waals surface area contributed by atoms with E-state index in [2.05, 4.69) is 10.3 Å². The van der Waals surface area contributed by atoms with Gasteiger partial charge in [-0.3, -0.25) is 4.79 Å². The van der Waals surface area contributed by atoms with Crippen LogP contribution in [0.3, 0.4) is 0 Å². The maximum absolute atomic E-state index is 12.1. The maximum atomic E-state index is 12.1. The SMILES string of the molecule is Cc1ncc(CNC(=O)N2CCOCC2CC(=O)O)s1. The molecule has 2 amide bonds. The Hall–Kier alpha value is -1.67. The number of nitrogens with one attached hydrogen (secondary N) is 1. The van der Waals surface area contributed by atoms with E-state index in [1.54, 1.807) is 6.20 Å². The first-order chi connectivity index (χ1) is 9.56. The van der Waals surface area contributed by atoms with E-state index in [1.165, 1.54) is 16.2 Å². The molecule has 7 nitrogen and oxygen atoms in total. The Labute approximate surface area is 120 Å². The smallest absolute Gasteiger partial charge is 0.318 e. The van der Waals surface area contributed by atoms with Crippen molar-refractivity contribution in [3.05, 3.63) is 16.1 Å². The Morgan fingerprint density at radius 1 is 1.65 bits per heavy atom. The number of ether oxygens (including phenoxy) is 1. The predicted octanol–water partition coefficient (Wildman–Crippen LogP) is 0.837. The largest absolute Gasteiger partial charge is 0.481 e. The number of rotatable bonds is 4. The average molecular weight is 299 g/mol. The van der Waals surface area contributed by atoms with E-state index in [0.29, 0.717) is 19.7 Å². The fraction of sp³-hybridized carbons (Fsp3) is 0.583. The normalized spacial score (nSPS) is 18.9. The number of thiazole rings is 1. The van der Waals surface area contributed by atoms with E-state index < -0.39 is 12.0 Å². The molecule has 1 aliphatic rings. The molecule has 1 saturated heterocycles. The minimum Gasteiger partial charge on any atom is -0.481 e. The van der Waals surface area contributed by atoms with Gasteiger partial charge in [-0.2, -0.15) is 0 Å². The Kier molecular flexibility index (Phi) is 4.91. The highest BCUT2D eigenvalue weighted by molar-refractivity contribution is 7.11. The van der Waals surface area contributed by atoms with Gasteiger partial charge < -0.3 is 20.1 Å². The first-order valence-corrected chi connectivity index (χ1v) is 7.13. The number of hydrogen-bond donors (Lipinski definition) is 2. The first-order valence-electron chi connectivity index (χ1n) is 6.31. The number of morpholine rings is 1. The van der Waals surface area contributed by atoms with Crippen LogP contribution in [0.15, 0.2) is 6.20 Å². The summed E-state index contributed by atoms with van der Waals surface area (Å²) >= 11 is 1.52. The van der Waals surface area contributed by atoms with E-state index in [0.717, 1.165) is 9.88 Å². The van der Waals surface area contributed by atoms with Crippen LogP contribution in [0, 0.1) is 6.92 Å². The summed E-state index contributed by atoms with van der Waals surface area (Å²) in [6.07, 6.45) is 1.63. The van der Waals surface area contributed by atoms with Crippen LogP contribution in [-0.2, 0) is 16.1 Å². The standard InChI is InChI=1S/C12H17N3O4S/c1-8-13-5-10(20-8)6-14-12(18)15-2-3-19-7-9(15)4-11(16)17/h5,9H,2-4,6-7H2,1H3,(H,14,18)(H,16,17). The topological polar surface area (TPSA) is 91.8 Å². The molecule has 2 heterocycles. The zero-order valence-electron chi connectivity index (χ0n) is 11.2. The Morgan fingerprint density at radius 2 is 2.45 bits per heavy atom. The molecule has 0 bridgehead atoms. The lowest BCUT2D eigenvalue weighted by Crippen LogP contribution is -2.52. The number of aryl methyl sites for hydroxylation is 1. The molecule has 1 atom stereocenters. The fourth-order valence-corrected chi connectivity index (χ4v) is 2.78. The fourth-order valence-electron chi connectivity index (χ4n) is 2.04. The Bertz CT molecular complexity index is 491. The summed E-state index contributed by atoms with van der Waals surface area (Å²) in [6.45, 7) is 3.41. The second kappa shape index (κ2) is 6.67. The third-order valence-electron chi connectivity index (χ3n) is 2.98. The summed E-state index contributed by atoms with van der Waals surface area (Å²) in [6, 6.07) is -0.671. The summed E-state index contributed by atoms with van der Waals surface area (Å²) in [4.78, 5) is 29.5. The van der Waals surface area contributed by atoms with Gasteiger partial charge >= 0.3 is 12.0 Å². The maximum Gasteiger partial charge on any atom is 0.318 e. The van der Waals surface area contributed by atoms with Gasteiger partial charge in [0, 0.05) is 17.6 Å². The van der Waals surface area contributed by atoms with Crippen molar-refractivity contribution in [2.24, 2.45) is 0 Å². The summed E-state index contributed by atoms with van der Waals surface area (Å²) in [7, 11) is 0. The summed E-state index contributed by atoms with van der Waals surface area (Å²) in [5.74, 6) is -0.934. The van der Waals surface area contributed by atoms with Crippen LogP contribution >= 0.6 is 11.3 Å². The van der Waals surface area contributed by atoms with Crippen LogP contribution in [-0.4, -0.2) is 52.8 Å². The minimum absolute atomic E-state index is 0.104. The van der Waals surface area contributed by atoms with E-state index in [4.69, 9.17) is 9.84 Å². The monoisotopic (exact) mass is 299 g/mol. The van der Waals surface area contributed by atoms with Crippen LogP contribution in [0.25, 0.3) is 0 Å². The molecule has 1 fully saturated rings. The molecule has 0 aromatic carbocycles. The molecule has 2 rings (SSSR count).